The van der Waals surface area contributed by atoms with Gasteiger partial charge in [0.15, 0.2) is 0 Å². The molecule has 0 aliphatic heterocycles. The van der Waals surface area contributed by atoms with Gasteiger partial charge < -0.3 is 19.4 Å². The highest BCUT2D eigenvalue weighted by Gasteiger charge is 2.32. The summed E-state index contributed by atoms with van der Waals surface area (Å²) in [4.78, 5) is 24.2. The number of aromatic amines is 1. The maximum atomic E-state index is 13.5. The molecule has 4 aromatic rings. The van der Waals surface area contributed by atoms with Crippen LogP contribution in [0.3, 0.4) is 0 Å². The molecule has 2 aromatic carbocycles. The molecule has 0 radical (unpaired) electrons. The minimum absolute atomic E-state index is 0.0248. The first-order valence-electron chi connectivity index (χ1n) is 15.3. The van der Waals surface area contributed by atoms with E-state index in [0.29, 0.717) is 23.1 Å². The first kappa shape index (κ1) is 36.4. The third-order valence-corrected chi connectivity index (χ3v) is 10.2. The Morgan fingerprint density at radius 3 is 2.40 bits per heavy atom. The molecule has 2 atom stereocenters. The van der Waals surface area contributed by atoms with Crippen molar-refractivity contribution >= 4 is 15.8 Å². The Balaban J connectivity index is 0.000000237. The van der Waals surface area contributed by atoms with E-state index in [4.69, 9.17) is 9.47 Å². The minimum Gasteiger partial charge on any atom is -0.497 e. The fraction of sp³-hybridized carbons (Fsp3) is 0.382. The summed E-state index contributed by atoms with van der Waals surface area (Å²) in [6.45, 7) is 1.48. The van der Waals surface area contributed by atoms with Crippen LogP contribution in [0.15, 0.2) is 82.9 Å². The van der Waals surface area contributed by atoms with Crippen LogP contribution in [0.25, 0.3) is 0 Å². The van der Waals surface area contributed by atoms with Crippen LogP contribution < -0.4 is 19.3 Å². The van der Waals surface area contributed by atoms with E-state index in [2.05, 4.69) is 19.9 Å². The summed E-state index contributed by atoms with van der Waals surface area (Å²) in [7, 11) is 3.05. The van der Waals surface area contributed by atoms with E-state index in [-0.39, 0.29) is 34.4 Å². The number of aryl methyl sites for hydroxylation is 1. The van der Waals surface area contributed by atoms with Gasteiger partial charge >= 0.3 is 6.18 Å². The lowest BCUT2D eigenvalue weighted by Crippen LogP contribution is -2.32. The molecule has 1 aliphatic rings. The van der Waals surface area contributed by atoms with Crippen molar-refractivity contribution in [1.82, 2.24) is 19.9 Å². The van der Waals surface area contributed by atoms with Gasteiger partial charge in [-0.15, -0.1) is 0 Å². The highest BCUT2D eigenvalue weighted by Crippen LogP contribution is 2.37. The van der Waals surface area contributed by atoms with E-state index in [1.165, 1.54) is 64.0 Å². The molecule has 5 rings (SSSR count). The number of pyridine rings is 1. The number of H-pyrrole nitrogens is 1. The number of hydrogen-bond acceptors (Lipinski definition) is 8. The summed E-state index contributed by atoms with van der Waals surface area (Å²) in [5.74, 6) is 1.49. The summed E-state index contributed by atoms with van der Waals surface area (Å²) in [6, 6.07) is 15.4. The average Bonchev–Trinajstić information content (AvgIpc) is 3.07. The highest BCUT2D eigenvalue weighted by atomic mass is 32.2. The fourth-order valence-corrected chi connectivity index (χ4v) is 7.30. The summed E-state index contributed by atoms with van der Waals surface area (Å²) < 4.78 is 76.9. The maximum absolute atomic E-state index is 13.5. The van der Waals surface area contributed by atoms with Crippen molar-refractivity contribution < 1.29 is 31.1 Å². The lowest BCUT2D eigenvalue weighted by atomic mass is 9.80. The monoisotopic (exact) mass is 687 g/mol. The fourth-order valence-electron chi connectivity index (χ4n) is 5.72. The number of rotatable bonds is 9. The Morgan fingerprint density at radius 2 is 1.77 bits per heavy atom. The van der Waals surface area contributed by atoms with E-state index in [0.717, 1.165) is 41.6 Å². The van der Waals surface area contributed by atoms with E-state index >= 15 is 0 Å². The van der Waals surface area contributed by atoms with Gasteiger partial charge in [-0.25, -0.2) is 22.7 Å². The Morgan fingerprint density at radius 1 is 1.00 bits per heavy atom. The largest absolute Gasteiger partial charge is 0.497 e. The average molecular weight is 688 g/mol. The molecule has 0 amide bonds. The first-order valence-corrected chi connectivity index (χ1v) is 16.7. The number of nitrogens with one attached hydrogen (secondary N) is 1. The molecule has 1 saturated carbocycles. The van der Waals surface area contributed by atoms with Crippen LogP contribution in [0, 0.1) is 6.92 Å². The lowest BCUT2D eigenvalue weighted by Gasteiger charge is -2.33. The molecular weight excluding hydrogens is 647 g/mol. The highest BCUT2D eigenvalue weighted by molar-refractivity contribution is 7.92. The number of sulfonamides is 1. The third-order valence-electron chi connectivity index (χ3n) is 8.33. The Labute approximate surface area is 278 Å². The number of alkyl halides is 3. The molecule has 1 N–H and O–H groups in total. The number of hydrogen-bond donors (Lipinski definition) is 1. The quantitative estimate of drug-likeness (QED) is 0.222. The predicted octanol–water partition coefficient (Wildman–Crippen LogP) is 6.18. The number of aromatic nitrogens is 3. The normalized spacial score (nSPS) is 16.5. The molecule has 10 nitrogen and oxygen atoms in total. The SMILES string of the molecule is CN(C)[C@@H]1CCC[C@H](c2cccc(C(F)(F)F)c2)C1.COc1ccc(CN(c2ccncn2)S(=O)(=O)c2ccc(=O)[nH]c2C)c(OC)c1. The molecule has 1 fully saturated rings. The van der Waals surface area contributed by atoms with E-state index in [9.17, 15) is 26.4 Å². The van der Waals surface area contributed by atoms with Crippen LogP contribution in [0.5, 0.6) is 11.5 Å². The third kappa shape index (κ3) is 8.92. The zero-order valence-electron chi connectivity index (χ0n) is 27.5. The molecular formula is C34H40F3N5O5S. The maximum Gasteiger partial charge on any atom is 0.416 e. The van der Waals surface area contributed by atoms with Crippen LogP contribution in [0.4, 0.5) is 19.0 Å². The van der Waals surface area contributed by atoms with Gasteiger partial charge in [-0.3, -0.25) is 4.79 Å². The summed E-state index contributed by atoms with van der Waals surface area (Å²) in [5.41, 5.74) is 0.765. The van der Waals surface area contributed by atoms with Crippen molar-refractivity contribution in [2.45, 2.75) is 62.2 Å². The number of anilines is 1. The van der Waals surface area contributed by atoms with Crippen LogP contribution in [-0.2, 0) is 22.7 Å². The minimum atomic E-state index is -4.24. The van der Waals surface area contributed by atoms with Crippen molar-refractivity contribution in [2.75, 3.05) is 32.6 Å². The summed E-state index contributed by atoms with van der Waals surface area (Å²) in [6.07, 6.45) is 2.65. The van der Waals surface area contributed by atoms with Gasteiger partial charge in [-0.1, -0.05) is 24.6 Å². The molecule has 0 bridgehead atoms. The van der Waals surface area contributed by atoms with Crippen molar-refractivity contribution in [2.24, 2.45) is 0 Å². The number of ether oxygens (including phenoxy) is 2. The molecule has 0 saturated heterocycles. The van der Waals surface area contributed by atoms with Gasteiger partial charge in [0.05, 0.1) is 26.3 Å². The Bertz CT molecular complexity index is 1840. The van der Waals surface area contributed by atoms with Gasteiger partial charge in [0.1, 0.15) is 28.5 Å². The van der Waals surface area contributed by atoms with Crippen molar-refractivity contribution in [3.05, 3.63) is 106 Å². The smallest absolute Gasteiger partial charge is 0.416 e. The first-order chi connectivity index (χ1) is 22.7. The Kier molecular flexibility index (Phi) is 11.9. The molecule has 14 heteroatoms. The molecule has 0 spiro atoms. The van der Waals surface area contributed by atoms with Gasteiger partial charge in [-0.2, -0.15) is 13.2 Å². The van der Waals surface area contributed by atoms with Gasteiger partial charge in [-0.05, 0) is 76.0 Å². The van der Waals surface area contributed by atoms with Gasteiger partial charge in [0.25, 0.3) is 10.0 Å². The molecule has 0 unspecified atom stereocenters. The number of nitrogens with zero attached hydrogens (tertiary/aromatic N) is 4. The zero-order valence-corrected chi connectivity index (χ0v) is 28.3. The molecule has 2 heterocycles. The van der Waals surface area contributed by atoms with E-state index < -0.39 is 21.8 Å². The zero-order chi connectivity index (χ0) is 35.1. The molecule has 1 aliphatic carbocycles. The predicted molar refractivity (Wildman–Crippen MR) is 177 cm³/mol. The number of benzene rings is 2. The second kappa shape index (κ2) is 15.6. The van der Waals surface area contributed by atoms with Gasteiger partial charge in [0.2, 0.25) is 5.56 Å². The Hall–Kier alpha value is -4.43. The standard InChI is InChI=1S/C19H20N4O5S.C15H20F3N/c1-13-17(6-7-19(24)22-13)29(25,26)23(18-8-9-20-12-21-18)11-14-4-5-15(27-2)10-16(14)28-3;1-19(2)14-8-4-6-12(10-14)11-5-3-7-13(9-11)15(16,17)18/h4-10,12H,11H2,1-3H3,(H,22,24);3,5,7,9,12,14H,4,6,8,10H2,1-2H3/t;12-,14+/m.0/s1. The second-order valence-corrected chi connectivity index (χ2v) is 13.5. The summed E-state index contributed by atoms with van der Waals surface area (Å²) in [5, 5.41) is 0. The van der Waals surface area contributed by atoms with Gasteiger partial charge in [0, 0.05) is 41.7 Å². The molecule has 258 valence electrons. The van der Waals surface area contributed by atoms with Crippen molar-refractivity contribution in [3.8, 4) is 11.5 Å². The van der Waals surface area contributed by atoms with Crippen LogP contribution in [0.2, 0.25) is 0 Å². The topological polar surface area (TPSA) is 118 Å². The van der Waals surface area contributed by atoms with Crippen molar-refractivity contribution in [3.63, 3.8) is 0 Å². The van der Waals surface area contributed by atoms with E-state index in [1.807, 2.05) is 20.2 Å². The number of methoxy groups -OCH3 is 2. The lowest BCUT2D eigenvalue weighted by molar-refractivity contribution is -0.137. The van der Waals surface area contributed by atoms with Crippen LogP contribution >= 0.6 is 0 Å². The van der Waals surface area contributed by atoms with Crippen LogP contribution in [0.1, 0.15) is 54.0 Å². The summed E-state index contributed by atoms with van der Waals surface area (Å²) >= 11 is 0. The molecule has 2 aromatic heterocycles. The molecule has 48 heavy (non-hydrogen) atoms. The van der Waals surface area contributed by atoms with Crippen LogP contribution in [-0.4, -0.2) is 62.6 Å². The number of halogens is 3. The van der Waals surface area contributed by atoms with Crippen molar-refractivity contribution in [1.29, 1.82) is 0 Å². The van der Waals surface area contributed by atoms with E-state index in [1.54, 1.807) is 18.2 Å². The second-order valence-electron chi connectivity index (χ2n) is 11.7.